The second-order valence-electron chi connectivity index (χ2n) is 3.50. The number of aromatic nitrogens is 3. The Labute approximate surface area is 96.5 Å². The van der Waals surface area contributed by atoms with Crippen LogP contribution in [-0.4, -0.2) is 31.6 Å². The minimum atomic E-state index is -0.842. The fraction of sp³-hybridized carbons (Fsp3) is 0.300. The zero-order valence-electron chi connectivity index (χ0n) is 8.97. The van der Waals surface area contributed by atoms with Crippen molar-refractivity contribution in [2.75, 3.05) is 5.75 Å². The maximum atomic E-state index is 10.5. The van der Waals surface area contributed by atoms with E-state index in [0.717, 1.165) is 10.9 Å². The molecule has 2 heterocycles. The van der Waals surface area contributed by atoms with Gasteiger partial charge in [0, 0.05) is 18.6 Å². The van der Waals surface area contributed by atoms with Crippen molar-refractivity contribution in [2.24, 2.45) is 7.05 Å². The Bertz CT molecular complexity index is 550. The number of carboxylic acid groups (broad SMARTS) is 1. The first-order valence-corrected chi connectivity index (χ1v) is 5.70. The summed E-state index contributed by atoms with van der Waals surface area (Å²) in [4.78, 5) is 14.8. The molecule has 0 aliphatic heterocycles. The van der Waals surface area contributed by atoms with E-state index in [9.17, 15) is 4.79 Å². The van der Waals surface area contributed by atoms with Crippen LogP contribution in [0.25, 0.3) is 11.0 Å². The third-order valence-corrected chi connectivity index (χ3v) is 3.03. The molecule has 6 heteroatoms. The van der Waals surface area contributed by atoms with Crippen molar-refractivity contribution in [2.45, 2.75) is 11.9 Å². The molecule has 1 N–H and O–H groups in total. The Balaban J connectivity index is 2.37. The van der Waals surface area contributed by atoms with Gasteiger partial charge in [0.15, 0.2) is 5.65 Å². The first kappa shape index (κ1) is 10.9. The van der Waals surface area contributed by atoms with E-state index >= 15 is 0 Å². The number of carbonyl (C=O) groups is 1. The maximum Gasteiger partial charge on any atom is 0.313 e. The molecule has 0 fully saturated rings. The minimum Gasteiger partial charge on any atom is -0.481 e. The number of aliphatic carboxylic acids is 1. The van der Waals surface area contributed by atoms with E-state index in [4.69, 9.17) is 5.11 Å². The molecule has 0 aliphatic rings. The lowest BCUT2D eigenvalue weighted by Gasteiger charge is -2.00. The monoisotopic (exact) mass is 237 g/mol. The molecule has 5 nitrogen and oxygen atoms in total. The summed E-state index contributed by atoms with van der Waals surface area (Å²) < 4.78 is 1.70. The summed E-state index contributed by atoms with van der Waals surface area (Å²) >= 11 is 1.21. The van der Waals surface area contributed by atoms with Crippen molar-refractivity contribution in [3.05, 3.63) is 17.8 Å². The number of thioether (sulfide) groups is 1. The highest BCUT2D eigenvalue weighted by Crippen LogP contribution is 2.22. The molecule has 2 aromatic rings. The third-order valence-electron chi connectivity index (χ3n) is 2.13. The highest BCUT2D eigenvalue weighted by atomic mass is 32.2. The average molecular weight is 237 g/mol. The minimum absolute atomic E-state index is 0.0186. The lowest BCUT2D eigenvalue weighted by molar-refractivity contribution is -0.133. The Morgan fingerprint density at radius 1 is 1.62 bits per heavy atom. The molecule has 0 amide bonds. The summed E-state index contributed by atoms with van der Waals surface area (Å²) in [6, 6.07) is 1.89. The summed E-state index contributed by atoms with van der Waals surface area (Å²) in [7, 11) is 1.84. The van der Waals surface area contributed by atoms with Gasteiger partial charge in [0.25, 0.3) is 0 Å². The van der Waals surface area contributed by atoms with Gasteiger partial charge < -0.3 is 5.11 Å². The van der Waals surface area contributed by atoms with Crippen molar-refractivity contribution < 1.29 is 9.90 Å². The number of fused-ring (bicyclic) bond motifs is 1. The molecule has 0 atom stereocenters. The zero-order chi connectivity index (χ0) is 11.7. The quantitative estimate of drug-likeness (QED) is 0.818. The van der Waals surface area contributed by atoms with Crippen LogP contribution in [0.2, 0.25) is 0 Å². The number of nitrogens with zero attached hydrogens (tertiary/aromatic N) is 3. The zero-order valence-corrected chi connectivity index (χ0v) is 9.78. The number of pyridine rings is 1. The number of hydrogen-bond donors (Lipinski definition) is 1. The van der Waals surface area contributed by atoms with Crippen LogP contribution in [0, 0.1) is 6.92 Å². The van der Waals surface area contributed by atoms with Gasteiger partial charge in [-0.15, -0.1) is 0 Å². The molecule has 0 bridgehead atoms. The van der Waals surface area contributed by atoms with Crippen molar-refractivity contribution in [1.82, 2.24) is 14.8 Å². The second kappa shape index (κ2) is 4.13. The Hall–Kier alpha value is -1.56. The smallest absolute Gasteiger partial charge is 0.313 e. The molecule has 0 saturated carbocycles. The molecule has 16 heavy (non-hydrogen) atoms. The van der Waals surface area contributed by atoms with Crippen LogP contribution in [-0.2, 0) is 11.8 Å². The molecule has 0 aromatic carbocycles. The number of carboxylic acids is 1. The lowest BCUT2D eigenvalue weighted by Crippen LogP contribution is -1.98. The van der Waals surface area contributed by atoms with Gasteiger partial charge in [-0.2, -0.15) is 5.10 Å². The maximum absolute atomic E-state index is 10.5. The normalized spacial score (nSPS) is 10.9. The van der Waals surface area contributed by atoms with Gasteiger partial charge in [0.05, 0.1) is 10.8 Å². The Morgan fingerprint density at radius 3 is 3.06 bits per heavy atom. The fourth-order valence-corrected chi connectivity index (χ4v) is 2.13. The van der Waals surface area contributed by atoms with Crippen molar-refractivity contribution in [3.8, 4) is 0 Å². The molecule has 0 aliphatic carbocycles. The largest absolute Gasteiger partial charge is 0.481 e. The number of aryl methyl sites for hydroxylation is 2. The van der Waals surface area contributed by atoms with E-state index in [2.05, 4.69) is 10.1 Å². The molecular weight excluding hydrogens is 226 g/mol. The number of hydrogen-bond acceptors (Lipinski definition) is 4. The van der Waals surface area contributed by atoms with Crippen LogP contribution in [0.5, 0.6) is 0 Å². The van der Waals surface area contributed by atoms with Crippen molar-refractivity contribution in [1.29, 1.82) is 0 Å². The summed E-state index contributed by atoms with van der Waals surface area (Å²) in [6.45, 7) is 1.97. The SMILES string of the molecule is Cc1cc(SCC(=O)O)nc2nn(C)cc12. The molecule has 2 aromatic heterocycles. The predicted molar refractivity (Wildman–Crippen MR) is 61.6 cm³/mol. The van der Waals surface area contributed by atoms with E-state index in [1.807, 2.05) is 26.2 Å². The van der Waals surface area contributed by atoms with Gasteiger partial charge in [0.1, 0.15) is 0 Å². The van der Waals surface area contributed by atoms with Gasteiger partial charge in [-0.3, -0.25) is 9.48 Å². The van der Waals surface area contributed by atoms with E-state index < -0.39 is 5.97 Å². The predicted octanol–water partition coefficient (Wildman–Crippen LogP) is 1.45. The highest BCUT2D eigenvalue weighted by Gasteiger charge is 2.07. The van der Waals surface area contributed by atoms with E-state index in [1.54, 1.807) is 4.68 Å². The standard InChI is InChI=1S/C10H11N3O2S/c1-6-3-8(16-5-9(14)15)11-10-7(6)4-13(2)12-10/h3-4H,5H2,1-2H3,(H,14,15). The topological polar surface area (TPSA) is 68.0 Å². The van der Waals surface area contributed by atoms with Gasteiger partial charge in [-0.25, -0.2) is 4.98 Å². The summed E-state index contributed by atoms with van der Waals surface area (Å²) in [6.07, 6.45) is 1.91. The van der Waals surface area contributed by atoms with Gasteiger partial charge >= 0.3 is 5.97 Å². The van der Waals surface area contributed by atoms with Crippen LogP contribution in [0.1, 0.15) is 5.56 Å². The molecule has 0 unspecified atom stereocenters. The molecule has 0 spiro atoms. The summed E-state index contributed by atoms with van der Waals surface area (Å²) in [5.74, 6) is -0.823. The van der Waals surface area contributed by atoms with Crippen LogP contribution in [0.4, 0.5) is 0 Å². The second-order valence-corrected chi connectivity index (χ2v) is 4.50. The molecule has 2 rings (SSSR count). The third kappa shape index (κ3) is 2.16. The Kier molecular flexibility index (Phi) is 2.82. The Morgan fingerprint density at radius 2 is 2.38 bits per heavy atom. The first-order valence-electron chi connectivity index (χ1n) is 4.72. The van der Waals surface area contributed by atoms with Crippen LogP contribution < -0.4 is 0 Å². The lowest BCUT2D eigenvalue weighted by atomic mass is 10.2. The highest BCUT2D eigenvalue weighted by molar-refractivity contribution is 7.99. The van der Waals surface area contributed by atoms with E-state index in [-0.39, 0.29) is 5.75 Å². The molecule has 0 saturated heterocycles. The molecule has 0 radical (unpaired) electrons. The average Bonchev–Trinajstić information content (AvgIpc) is 2.56. The van der Waals surface area contributed by atoms with Crippen LogP contribution >= 0.6 is 11.8 Å². The van der Waals surface area contributed by atoms with E-state index in [1.165, 1.54) is 11.8 Å². The summed E-state index contributed by atoms with van der Waals surface area (Å²) in [5.41, 5.74) is 1.72. The van der Waals surface area contributed by atoms with Gasteiger partial charge in [0.2, 0.25) is 0 Å². The van der Waals surface area contributed by atoms with Crippen molar-refractivity contribution in [3.63, 3.8) is 0 Å². The van der Waals surface area contributed by atoms with Crippen LogP contribution in [0.15, 0.2) is 17.3 Å². The van der Waals surface area contributed by atoms with Crippen LogP contribution in [0.3, 0.4) is 0 Å². The van der Waals surface area contributed by atoms with Gasteiger partial charge in [-0.05, 0) is 18.6 Å². The summed E-state index contributed by atoms with van der Waals surface area (Å²) in [5, 5.41) is 14.5. The molecule has 84 valence electrons. The van der Waals surface area contributed by atoms with Gasteiger partial charge in [-0.1, -0.05) is 11.8 Å². The molecular formula is C10H11N3O2S. The fourth-order valence-electron chi connectivity index (χ4n) is 1.45. The first-order chi connectivity index (χ1) is 7.56. The van der Waals surface area contributed by atoms with E-state index in [0.29, 0.717) is 10.7 Å². The number of rotatable bonds is 3. The van der Waals surface area contributed by atoms with Crippen molar-refractivity contribution >= 4 is 28.8 Å².